The number of carboxylic acid groups (broad SMARTS) is 1. The fraction of sp³-hybridized carbons (Fsp3) is 0.850. The quantitative estimate of drug-likeness (QED) is 0.216. The first-order chi connectivity index (χ1) is 13.1. The van der Waals surface area contributed by atoms with E-state index in [1.54, 1.807) is 21.1 Å². The van der Waals surface area contributed by atoms with Gasteiger partial charge in [-0.3, -0.25) is 9.59 Å². The number of nitrogens with zero attached hydrogens (tertiary/aromatic N) is 1. The zero-order valence-corrected chi connectivity index (χ0v) is 18.0. The molecular formula is C20H37NO7. The normalized spacial score (nSPS) is 13.6. The number of likely N-dealkylation sites (N-methyl/N-ethyl adjacent to an activating group) is 1. The number of ether oxygens (including phenoxy) is 3. The molecule has 0 saturated heterocycles. The number of esters is 2. The van der Waals surface area contributed by atoms with Crippen molar-refractivity contribution in [3.8, 4) is 0 Å². The van der Waals surface area contributed by atoms with Crippen molar-refractivity contribution in [1.82, 2.24) is 0 Å². The molecule has 0 heterocycles. The van der Waals surface area contributed by atoms with Crippen molar-refractivity contribution in [2.45, 2.75) is 70.9 Å². The molecule has 0 radical (unpaired) electrons. The van der Waals surface area contributed by atoms with Gasteiger partial charge in [-0.1, -0.05) is 26.7 Å². The van der Waals surface area contributed by atoms with Gasteiger partial charge in [0.25, 0.3) is 0 Å². The second-order valence-corrected chi connectivity index (χ2v) is 7.82. The summed E-state index contributed by atoms with van der Waals surface area (Å²) in [6.45, 7) is 4.09. The Kier molecular flexibility index (Phi) is 13.5. The Morgan fingerprint density at radius 3 is 2.00 bits per heavy atom. The van der Waals surface area contributed by atoms with Crippen LogP contribution >= 0.6 is 0 Å². The third-order valence-corrected chi connectivity index (χ3v) is 4.24. The Morgan fingerprint density at radius 2 is 1.50 bits per heavy atom. The van der Waals surface area contributed by atoms with Gasteiger partial charge in [-0.05, 0) is 12.8 Å². The minimum Gasteiger partial charge on any atom is -0.544 e. The van der Waals surface area contributed by atoms with Crippen LogP contribution in [0.2, 0.25) is 0 Å². The smallest absolute Gasteiger partial charge is 0.306 e. The first kappa shape index (κ1) is 26.3. The number of unbranched alkanes of at least 4 members (excludes halogenated alkanes) is 2. The highest BCUT2D eigenvalue weighted by molar-refractivity contribution is 5.70. The van der Waals surface area contributed by atoms with Crippen molar-refractivity contribution in [3.05, 3.63) is 0 Å². The van der Waals surface area contributed by atoms with Gasteiger partial charge >= 0.3 is 11.9 Å². The molecule has 0 rings (SSSR count). The number of hydrogen-bond acceptors (Lipinski definition) is 7. The fourth-order valence-corrected chi connectivity index (χ4v) is 2.49. The molecule has 0 fully saturated rings. The zero-order valence-electron chi connectivity index (χ0n) is 18.0. The lowest BCUT2D eigenvalue weighted by Crippen LogP contribution is -2.55. The number of carboxylic acids is 1. The summed E-state index contributed by atoms with van der Waals surface area (Å²) in [6.07, 6.45) is 3.40. The van der Waals surface area contributed by atoms with Crippen LogP contribution in [0.15, 0.2) is 0 Å². The molecule has 0 aliphatic carbocycles. The van der Waals surface area contributed by atoms with Crippen molar-refractivity contribution in [2.75, 3.05) is 41.0 Å². The van der Waals surface area contributed by atoms with Crippen molar-refractivity contribution < 1.29 is 38.2 Å². The molecule has 8 heteroatoms. The number of carbonyl (C=O) groups excluding carboxylic acids is 3. The Bertz CT molecular complexity index is 474. The van der Waals surface area contributed by atoms with Crippen molar-refractivity contribution in [2.24, 2.45) is 0 Å². The first-order valence-corrected chi connectivity index (χ1v) is 10.1. The maximum Gasteiger partial charge on any atom is 0.306 e. The van der Waals surface area contributed by atoms with Gasteiger partial charge in [-0.2, -0.15) is 0 Å². The predicted molar refractivity (Wildman–Crippen MR) is 102 cm³/mol. The van der Waals surface area contributed by atoms with E-state index < -0.39 is 18.1 Å². The molecule has 2 atom stereocenters. The van der Waals surface area contributed by atoms with Crippen LogP contribution in [0.5, 0.6) is 0 Å². The molecule has 0 spiro atoms. The summed E-state index contributed by atoms with van der Waals surface area (Å²) in [5.74, 6) is -1.83. The van der Waals surface area contributed by atoms with Crippen LogP contribution in [0.1, 0.15) is 58.8 Å². The molecular weight excluding hydrogens is 366 g/mol. The highest BCUT2D eigenvalue weighted by Gasteiger charge is 2.25. The molecule has 0 aromatic carbocycles. The second-order valence-electron chi connectivity index (χ2n) is 7.82. The molecule has 0 amide bonds. The number of aliphatic carboxylic acids is 1. The van der Waals surface area contributed by atoms with E-state index in [4.69, 9.17) is 14.2 Å². The summed E-state index contributed by atoms with van der Waals surface area (Å²) in [5.41, 5.74) is 0. The minimum absolute atomic E-state index is 0.0375. The van der Waals surface area contributed by atoms with E-state index in [1.165, 1.54) is 0 Å². The molecule has 28 heavy (non-hydrogen) atoms. The second kappa shape index (κ2) is 14.3. The number of rotatable bonds is 16. The first-order valence-electron chi connectivity index (χ1n) is 10.1. The van der Waals surface area contributed by atoms with E-state index in [0.29, 0.717) is 12.8 Å². The van der Waals surface area contributed by atoms with Crippen molar-refractivity contribution in [3.63, 3.8) is 0 Å². The lowest BCUT2D eigenvalue weighted by molar-refractivity contribution is -0.889. The SMILES string of the molecule is CCCCC(=O)OCC(COCCC(C(=O)[O-])[N+](C)(C)C)OC(=O)CCCC. The van der Waals surface area contributed by atoms with E-state index in [1.807, 2.05) is 13.8 Å². The Balaban J connectivity index is 4.55. The minimum atomic E-state index is -1.14. The summed E-state index contributed by atoms with van der Waals surface area (Å²) in [7, 11) is 5.32. The van der Waals surface area contributed by atoms with Crippen LogP contribution in [0.4, 0.5) is 0 Å². The maximum absolute atomic E-state index is 11.9. The Labute approximate surface area is 168 Å². The van der Waals surface area contributed by atoms with E-state index in [0.717, 1.165) is 25.7 Å². The fourth-order valence-electron chi connectivity index (χ4n) is 2.49. The van der Waals surface area contributed by atoms with Gasteiger partial charge in [0.1, 0.15) is 12.6 Å². The van der Waals surface area contributed by atoms with Crippen LogP contribution < -0.4 is 5.11 Å². The average molecular weight is 404 g/mol. The van der Waals surface area contributed by atoms with E-state index >= 15 is 0 Å². The standard InChI is InChI=1S/C20H37NO7/c1-6-8-10-18(22)27-15-16(28-19(23)11-9-7-2)14-26-13-12-17(20(24)25)21(3,4)5/h16-17H,6-15H2,1-5H3. The molecule has 0 bridgehead atoms. The number of hydrogen-bond donors (Lipinski definition) is 0. The molecule has 0 saturated carbocycles. The van der Waals surface area contributed by atoms with Crippen LogP contribution in [0, 0.1) is 0 Å². The Hall–Kier alpha value is -1.67. The van der Waals surface area contributed by atoms with E-state index in [2.05, 4.69) is 0 Å². The van der Waals surface area contributed by atoms with Gasteiger partial charge in [0.15, 0.2) is 6.10 Å². The summed E-state index contributed by atoms with van der Waals surface area (Å²) >= 11 is 0. The number of quaternary nitrogens is 1. The molecule has 0 aliphatic rings. The third kappa shape index (κ3) is 12.7. The van der Waals surface area contributed by atoms with Crippen molar-refractivity contribution >= 4 is 17.9 Å². The molecule has 0 N–H and O–H groups in total. The predicted octanol–water partition coefficient (Wildman–Crippen LogP) is 1.05. The third-order valence-electron chi connectivity index (χ3n) is 4.24. The monoisotopic (exact) mass is 403 g/mol. The maximum atomic E-state index is 11.9. The van der Waals surface area contributed by atoms with Gasteiger partial charge in [0, 0.05) is 19.3 Å². The summed E-state index contributed by atoms with van der Waals surface area (Å²) in [4.78, 5) is 34.8. The summed E-state index contributed by atoms with van der Waals surface area (Å²) < 4.78 is 16.3. The van der Waals surface area contributed by atoms with Crippen molar-refractivity contribution in [1.29, 1.82) is 0 Å². The lowest BCUT2D eigenvalue weighted by atomic mass is 10.1. The Morgan fingerprint density at radius 1 is 0.929 bits per heavy atom. The molecule has 0 aliphatic heterocycles. The van der Waals surface area contributed by atoms with Crippen LogP contribution in [0.3, 0.4) is 0 Å². The summed E-state index contributed by atoms with van der Waals surface area (Å²) in [6, 6.07) is -0.711. The van der Waals surface area contributed by atoms with Gasteiger partial charge in [0.2, 0.25) is 0 Å². The molecule has 8 nitrogen and oxygen atoms in total. The van der Waals surface area contributed by atoms with Gasteiger partial charge in [-0.25, -0.2) is 0 Å². The van der Waals surface area contributed by atoms with Crippen LogP contribution in [-0.2, 0) is 28.6 Å². The van der Waals surface area contributed by atoms with Crippen LogP contribution in [0.25, 0.3) is 0 Å². The van der Waals surface area contributed by atoms with Crippen LogP contribution in [-0.4, -0.2) is 75.5 Å². The topological polar surface area (TPSA) is 102 Å². The van der Waals surface area contributed by atoms with E-state index in [9.17, 15) is 19.5 Å². The zero-order chi connectivity index (χ0) is 21.6. The highest BCUT2D eigenvalue weighted by Crippen LogP contribution is 2.09. The van der Waals surface area contributed by atoms with Gasteiger partial charge in [0.05, 0.1) is 40.3 Å². The van der Waals surface area contributed by atoms with E-state index in [-0.39, 0.29) is 42.7 Å². The van der Waals surface area contributed by atoms with Gasteiger partial charge in [-0.15, -0.1) is 0 Å². The molecule has 0 aromatic heterocycles. The van der Waals surface area contributed by atoms with Gasteiger partial charge < -0.3 is 28.6 Å². The highest BCUT2D eigenvalue weighted by atomic mass is 16.6. The molecule has 164 valence electrons. The molecule has 2 unspecified atom stereocenters. The average Bonchev–Trinajstić information content (AvgIpc) is 2.60. The molecule has 0 aromatic rings. The number of carbonyl (C=O) groups is 3. The lowest BCUT2D eigenvalue weighted by Gasteiger charge is -2.34. The summed E-state index contributed by atoms with van der Waals surface area (Å²) in [5, 5.41) is 11.3. The largest absolute Gasteiger partial charge is 0.544 e.